The molecular formula is C15H23NO3S2. The molecule has 3 N–H and O–H groups in total. The molecule has 0 bridgehead atoms. The van der Waals surface area contributed by atoms with Gasteiger partial charge in [-0.3, -0.25) is 0 Å². The fourth-order valence-corrected chi connectivity index (χ4v) is 4.51. The molecule has 1 aromatic carbocycles. The van der Waals surface area contributed by atoms with Crippen molar-refractivity contribution < 1.29 is 13.5 Å². The molecule has 1 saturated carbocycles. The lowest BCUT2D eigenvalue weighted by molar-refractivity contribution is 0.0103. The molecule has 118 valence electrons. The zero-order chi connectivity index (χ0) is 15.5. The Morgan fingerprint density at radius 3 is 2.62 bits per heavy atom. The highest BCUT2D eigenvalue weighted by Crippen LogP contribution is 2.38. The van der Waals surface area contributed by atoms with E-state index in [1.54, 1.807) is 23.9 Å². The average molecular weight is 329 g/mol. The zero-order valence-electron chi connectivity index (χ0n) is 12.3. The van der Waals surface area contributed by atoms with Crippen LogP contribution < -0.4 is 5.73 Å². The maximum Gasteiger partial charge on any atom is 0.175 e. The number of sulfone groups is 1. The Morgan fingerprint density at radius 2 is 2.05 bits per heavy atom. The molecule has 0 heterocycles. The molecule has 0 aliphatic heterocycles. The number of rotatable bonds is 6. The Labute approximate surface area is 131 Å². The second kappa shape index (κ2) is 6.69. The summed E-state index contributed by atoms with van der Waals surface area (Å²) in [5, 5.41) is 10.4. The van der Waals surface area contributed by atoms with Gasteiger partial charge in [-0.1, -0.05) is 6.42 Å². The fraction of sp³-hybridized carbons (Fsp3) is 0.600. The van der Waals surface area contributed by atoms with Crippen molar-refractivity contribution >= 4 is 21.6 Å². The minimum absolute atomic E-state index is 0.283. The maximum absolute atomic E-state index is 11.4. The average Bonchev–Trinajstić information content (AvgIpc) is 2.81. The van der Waals surface area contributed by atoms with Gasteiger partial charge in [0.05, 0.1) is 10.5 Å². The van der Waals surface area contributed by atoms with E-state index in [2.05, 4.69) is 0 Å². The lowest BCUT2D eigenvalue weighted by Gasteiger charge is -2.28. The SMILES string of the molecule is CS(=O)(=O)c1ccc(SCCC2CCCC2(O)CN)cc1. The van der Waals surface area contributed by atoms with E-state index in [0.717, 1.165) is 36.3 Å². The molecule has 4 nitrogen and oxygen atoms in total. The van der Waals surface area contributed by atoms with Crippen LogP contribution in [0.5, 0.6) is 0 Å². The first kappa shape index (κ1) is 16.8. The van der Waals surface area contributed by atoms with Crippen LogP contribution in [0, 0.1) is 5.92 Å². The molecule has 0 radical (unpaired) electrons. The van der Waals surface area contributed by atoms with Crippen LogP contribution in [0.25, 0.3) is 0 Å². The second-order valence-electron chi connectivity index (χ2n) is 5.78. The standard InChI is InChI=1S/C15H23NO3S2/c1-21(18,19)14-6-4-13(5-7-14)20-10-8-12-3-2-9-15(12,17)11-16/h4-7,12,17H,2-3,8-11,16H2,1H3. The van der Waals surface area contributed by atoms with Crippen molar-refractivity contribution in [3.63, 3.8) is 0 Å². The lowest BCUT2D eigenvalue weighted by Crippen LogP contribution is -2.41. The molecule has 1 aromatic rings. The number of benzene rings is 1. The maximum atomic E-state index is 11.4. The number of hydrogen-bond donors (Lipinski definition) is 2. The first-order valence-corrected chi connectivity index (χ1v) is 10.1. The Bertz CT molecular complexity index is 571. The fourth-order valence-electron chi connectivity index (χ4n) is 2.91. The zero-order valence-corrected chi connectivity index (χ0v) is 13.9. The first-order valence-electron chi connectivity index (χ1n) is 7.20. The van der Waals surface area contributed by atoms with Crippen LogP contribution in [-0.4, -0.2) is 37.7 Å². The highest BCUT2D eigenvalue weighted by Gasteiger charge is 2.39. The molecule has 1 aliphatic rings. The summed E-state index contributed by atoms with van der Waals surface area (Å²) < 4.78 is 22.8. The van der Waals surface area contributed by atoms with Gasteiger partial charge >= 0.3 is 0 Å². The number of aliphatic hydroxyl groups is 1. The van der Waals surface area contributed by atoms with Crippen LogP contribution >= 0.6 is 11.8 Å². The first-order chi connectivity index (χ1) is 9.85. The van der Waals surface area contributed by atoms with Crippen molar-refractivity contribution in [3.8, 4) is 0 Å². The number of nitrogens with two attached hydrogens (primary N) is 1. The summed E-state index contributed by atoms with van der Waals surface area (Å²) in [7, 11) is -3.13. The van der Waals surface area contributed by atoms with Crippen LogP contribution in [0.4, 0.5) is 0 Å². The Balaban J connectivity index is 1.87. The van der Waals surface area contributed by atoms with Gasteiger partial charge in [-0.05, 0) is 55.2 Å². The molecule has 2 rings (SSSR count). The van der Waals surface area contributed by atoms with Crippen molar-refractivity contribution in [2.45, 2.75) is 41.1 Å². The van der Waals surface area contributed by atoms with Crippen LogP contribution in [0.15, 0.2) is 34.1 Å². The van der Waals surface area contributed by atoms with Gasteiger partial charge in [0.25, 0.3) is 0 Å². The predicted octanol–water partition coefficient (Wildman–Crippen LogP) is 2.06. The molecule has 0 saturated heterocycles. The molecule has 1 fully saturated rings. The largest absolute Gasteiger partial charge is 0.388 e. The highest BCUT2D eigenvalue weighted by atomic mass is 32.2. The minimum Gasteiger partial charge on any atom is -0.388 e. The van der Waals surface area contributed by atoms with E-state index in [0.29, 0.717) is 11.4 Å². The molecule has 0 spiro atoms. The van der Waals surface area contributed by atoms with E-state index in [1.807, 2.05) is 12.1 Å². The van der Waals surface area contributed by atoms with E-state index in [1.165, 1.54) is 6.26 Å². The summed E-state index contributed by atoms with van der Waals surface area (Å²) in [6, 6.07) is 6.96. The summed E-state index contributed by atoms with van der Waals surface area (Å²) in [6.07, 6.45) is 5.05. The normalized spacial score (nSPS) is 26.1. The van der Waals surface area contributed by atoms with Gasteiger partial charge < -0.3 is 10.8 Å². The monoisotopic (exact) mass is 329 g/mol. The third-order valence-electron chi connectivity index (χ3n) is 4.26. The van der Waals surface area contributed by atoms with Crippen LogP contribution in [0.3, 0.4) is 0 Å². The van der Waals surface area contributed by atoms with Crippen molar-refractivity contribution in [1.29, 1.82) is 0 Å². The Hall–Kier alpha value is -0.560. The van der Waals surface area contributed by atoms with E-state index >= 15 is 0 Å². The van der Waals surface area contributed by atoms with Crippen molar-refractivity contribution in [3.05, 3.63) is 24.3 Å². The molecule has 21 heavy (non-hydrogen) atoms. The van der Waals surface area contributed by atoms with Gasteiger partial charge in [-0.25, -0.2) is 8.42 Å². The van der Waals surface area contributed by atoms with Gasteiger partial charge in [0, 0.05) is 17.7 Å². The van der Waals surface area contributed by atoms with Crippen molar-refractivity contribution in [2.24, 2.45) is 11.7 Å². The lowest BCUT2D eigenvalue weighted by atomic mass is 9.89. The van der Waals surface area contributed by atoms with E-state index < -0.39 is 15.4 Å². The highest BCUT2D eigenvalue weighted by molar-refractivity contribution is 7.99. The van der Waals surface area contributed by atoms with Crippen LogP contribution in [0.1, 0.15) is 25.7 Å². The van der Waals surface area contributed by atoms with E-state index in [9.17, 15) is 13.5 Å². The molecule has 1 aliphatic carbocycles. The third-order valence-corrected chi connectivity index (χ3v) is 6.44. The van der Waals surface area contributed by atoms with Gasteiger partial charge in [0.15, 0.2) is 9.84 Å². The molecular weight excluding hydrogens is 306 g/mol. The predicted molar refractivity (Wildman–Crippen MR) is 86.2 cm³/mol. The van der Waals surface area contributed by atoms with E-state index in [4.69, 9.17) is 5.73 Å². The van der Waals surface area contributed by atoms with Crippen LogP contribution in [0.2, 0.25) is 0 Å². The molecule has 2 unspecified atom stereocenters. The summed E-state index contributed by atoms with van der Waals surface area (Å²) in [5.74, 6) is 1.19. The van der Waals surface area contributed by atoms with Gasteiger partial charge in [-0.15, -0.1) is 11.8 Å². The van der Waals surface area contributed by atoms with Crippen molar-refractivity contribution in [1.82, 2.24) is 0 Å². The topological polar surface area (TPSA) is 80.4 Å². The third kappa shape index (κ3) is 4.22. The Morgan fingerprint density at radius 1 is 1.38 bits per heavy atom. The van der Waals surface area contributed by atoms with Gasteiger partial charge in [-0.2, -0.15) is 0 Å². The molecule has 0 amide bonds. The summed E-state index contributed by atoms with van der Waals surface area (Å²) in [4.78, 5) is 1.40. The summed E-state index contributed by atoms with van der Waals surface area (Å²) in [5.41, 5.74) is 5.01. The molecule has 6 heteroatoms. The number of hydrogen-bond acceptors (Lipinski definition) is 5. The molecule has 0 aromatic heterocycles. The quantitative estimate of drug-likeness (QED) is 0.781. The van der Waals surface area contributed by atoms with Crippen LogP contribution in [-0.2, 0) is 9.84 Å². The molecule has 2 atom stereocenters. The summed E-state index contributed by atoms with van der Waals surface area (Å²) >= 11 is 1.69. The smallest absolute Gasteiger partial charge is 0.175 e. The number of thioether (sulfide) groups is 1. The minimum atomic E-state index is -3.13. The second-order valence-corrected chi connectivity index (χ2v) is 8.96. The Kier molecular flexibility index (Phi) is 5.35. The van der Waals surface area contributed by atoms with Gasteiger partial charge in [0.1, 0.15) is 0 Å². The van der Waals surface area contributed by atoms with Crippen molar-refractivity contribution in [2.75, 3.05) is 18.6 Å². The summed E-state index contributed by atoms with van der Waals surface area (Å²) in [6.45, 7) is 0.339. The van der Waals surface area contributed by atoms with Gasteiger partial charge in [0.2, 0.25) is 0 Å². The van der Waals surface area contributed by atoms with E-state index in [-0.39, 0.29) is 5.92 Å².